The second-order valence-electron chi connectivity index (χ2n) is 4.78. The summed E-state index contributed by atoms with van der Waals surface area (Å²) in [6.45, 7) is 8.29. The van der Waals surface area contributed by atoms with Gasteiger partial charge in [0.05, 0.1) is 0 Å². The van der Waals surface area contributed by atoms with Crippen LogP contribution in [0.4, 0.5) is 0 Å². The van der Waals surface area contributed by atoms with Crippen molar-refractivity contribution in [2.75, 3.05) is 6.54 Å². The number of hydrogen-bond acceptors (Lipinski definition) is 1. The maximum absolute atomic E-state index is 3.61. The van der Waals surface area contributed by atoms with Crippen molar-refractivity contribution in [2.45, 2.75) is 58.9 Å². The summed E-state index contributed by atoms with van der Waals surface area (Å²) in [4.78, 5) is 0. The summed E-state index contributed by atoms with van der Waals surface area (Å²) in [7, 11) is 0. The summed E-state index contributed by atoms with van der Waals surface area (Å²) < 4.78 is 0. The van der Waals surface area contributed by atoms with E-state index in [4.69, 9.17) is 0 Å². The largest absolute Gasteiger partial charge is 0.314 e. The topological polar surface area (TPSA) is 12.0 Å². The average Bonchev–Trinajstić information content (AvgIpc) is 2.93. The summed E-state index contributed by atoms with van der Waals surface area (Å²) >= 11 is 0. The zero-order valence-corrected chi connectivity index (χ0v) is 9.47. The molecule has 0 radical (unpaired) electrons. The van der Waals surface area contributed by atoms with Crippen LogP contribution in [0, 0.1) is 11.8 Å². The van der Waals surface area contributed by atoms with Crippen LogP contribution in [0.5, 0.6) is 0 Å². The van der Waals surface area contributed by atoms with Crippen LogP contribution in [0.25, 0.3) is 0 Å². The van der Waals surface area contributed by atoms with Crippen LogP contribution in [-0.2, 0) is 0 Å². The standard InChI is InChI=1S/C12H25N/c1-4-5-6-10(2)11(3)9-13-12-7-8-12/h10-13H,4-9H2,1-3H3. The Hall–Kier alpha value is -0.0400. The molecule has 0 spiro atoms. The molecular formula is C12H25N. The van der Waals surface area contributed by atoms with Crippen molar-refractivity contribution in [1.82, 2.24) is 5.32 Å². The van der Waals surface area contributed by atoms with E-state index >= 15 is 0 Å². The lowest BCUT2D eigenvalue weighted by Gasteiger charge is -2.20. The van der Waals surface area contributed by atoms with Gasteiger partial charge in [-0.3, -0.25) is 0 Å². The van der Waals surface area contributed by atoms with Crippen molar-refractivity contribution in [1.29, 1.82) is 0 Å². The molecule has 1 fully saturated rings. The molecule has 0 bridgehead atoms. The van der Waals surface area contributed by atoms with Crippen LogP contribution in [0.1, 0.15) is 52.9 Å². The fraction of sp³-hybridized carbons (Fsp3) is 1.00. The third-order valence-electron chi connectivity index (χ3n) is 3.29. The Bertz CT molecular complexity index is 129. The van der Waals surface area contributed by atoms with E-state index in [2.05, 4.69) is 26.1 Å². The van der Waals surface area contributed by atoms with Gasteiger partial charge in [0.25, 0.3) is 0 Å². The van der Waals surface area contributed by atoms with Gasteiger partial charge in [-0.05, 0) is 31.2 Å². The Balaban J connectivity index is 2.01. The van der Waals surface area contributed by atoms with E-state index in [0.717, 1.165) is 17.9 Å². The Morgan fingerprint density at radius 2 is 1.92 bits per heavy atom. The first-order valence-electron chi connectivity index (χ1n) is 5.97. The molecule has 1 rings (SSSR count). The van der Waals surface area contributed by atoms with Gasteiger partial charge in [0, 0.05) is 6.04 Å². The smallest absolute Gasteiger partial charge is 0.00683 e. The molecular weight excluding hydrogens is 158 g/mol. The van der Waals surface area contributed by atoms with Gasteiger partial charge in [-0.15, -0.1) is 0 Å². The molecule has 0 amide bonds. The lowest BCUT2D eigenvalue weighted by Crippen LogP contribution is -2.26. The minimum absolute atomic E-state index is 0.854. The molecule has 0 saturated heterocycles. The minimum atomic E-state index is 0.854. The monoisotopic (exact) mass is 183 g/mol. The predicted octanol–water partition coefficient (Wildman–Crippen LogP) is 3.20. The Morgan fingerprint density at radius 1 is 1.23 bits per heavy atom. The van der Waals surface area contributed by atoms with Crippen molar-refractivity contribution in [3.8, 4) is 0 Å². The third kappa shape index (κ3) is 4.66. The quantitative estimate of drug-likeness (QED) is 0.639. The Labute approximate surface area is 83.3 Å². The van der Waals surface area contributed by atoms with Crippen LogP contribution in [0.2, 0.25) is 0 Å². The van der Waals surface area contributed by atoms with Crippen LogP contribution >= 0.6 is 0 Å². The molecule has 2 atom stereocenters. The van der Waals surface area contributed by atoms with Crippen LogP contribution in [0.15, 0.2) is 0 Å². The zero-order chi connectivity index (χ0) is 9.68. The van der Waals surface area contributed by atoms with Crippen molar-refractivity contribution >= 4 is 0 Å². The van der Waals surface area contributed by atoms with Gasteiger partial charge in [0.2, 0.25) is 0 Å². The van der Waals surface area contributed by atoms with E-state index in [1.54, 1.807) is 0 Å². The number of nitrogens with one attached hydrogen (secondary N) is 1. The lowest BCUT2D eigenvalue weighted by atomic mass is 9.91. The van der Waals surface area contributed by atoms with Crippen molar-refractivity contribution in [3.63, 3.8) is 0 Å². The molecule has 0 aliphatic heterocycles. The first kappa shape index (κ1) is 11.0. The highest BCUT2D eigenvalue weighted by atomic mass is 14.9. The second kappa shape index (κ2) is 5.64. The SMILES string of the molecule is CCCCC(C)C(C)CNC1CC1. The Kier molecular flexibility index (Phi) is 4.79. The molecule has 0 aromatic rings. The number of hydrogen-bond donors (Lipinski definition) is 1. The Morgan fingerprint density at radius 3 is 2.46 bits per heavy atom. The van der Waals surface area contributed by atoms with Gasteiger partial charge in [-0.2, -0.15) is 0 Å². The summed E-state index contributed by atoms with van der Waals surface area (Å²) in [6, 6.07) is 0.876. The fourth-order valence-electron chi connectivity index (χ4n) is 1.65. The molecule has 1 heteroatoms. The van der Waals surface area contributed by atoms with E-state index in [0.29, 0.717) is 0 Å². The molecule has 2 unspecified atom stereocenters. The van der Waals surface area contributed by atoms with E-state index < -0.39 is 0 Å². The van der Waals surface area contributed by atoms with E-state index in [9.17, 15) is 0 Å². The second-order valence-corrected chi connectivity index (χ2v) is 4.78. The van der Waals surface area contributed by atoms with Crippen molar-refractivity contribution in [2.24, 2.45) is 11.8 Å². The van der Waals surface area contributed by atoms with Gasteiger partial charge >= 0.3 is 0 Å². The summed E-state index contributed by atoms with van der Waals surface area (Å²) in [5, 5.41) is 3.61. The maximum atomic E-state index is 3.61. The van der Waals surface area contributed by atoms with Gasteiger partial charge in [-0.25, -0.2) is 0 Å². The average molecular weight is 183 g/mol. The first-order chi connectivity index (χ1) is 6.24. The normalized spacial score (nSPS) is 21.5. The highest BCUT2D eigenvalue weighted by Crippen LogP contribution is 2.21. The molecule has 78 valence electrons. The van der Waals surface area contributed by atoms with Crippen LogP contribution < -0.4 is 5.32 Å². The number of rotatable bonds is 7. The summed E-state index contributed by atoms with van der Waals surface area (Å²) in [6.07, 6.45) is 6.97. The van der Waals surface area contributed by atoms with Crippen molar-refractivity contribution < 1.29 is 0 Å². The van der Waals surface area contributed by atoms with Gasteiger partial charge < -0.3 is 5.32 Å². The van der Waals surface area contributed by atoms with Crippen LogP contribution in [0.3, 0.4) is 0 Å². The van der Waals surface area contributed by atoms with E-state index in [1.807, 2.05) is 0 Å². The zero-order valence-electron chi connectivity index (χ0n) is 9.47. The molecule has 0 aromatic carbocycles. The molecule has 13 heavy (non-hydrogen) atoms. The fourth-order valence-corrected chi connectivity index (χ4v) is 1.65. The minimum Gasteiger partial charge on any atom is -0.314 e. The first-order valence-corrected chi connectivity index (χ1v) is 5.97. The van der Waals surface area contributed by atoms with E-state index in [-0.39, 0.29) is 0 Å². The summed E-state index contributed by atoms with van der Waals surface area (Å²) in [5.41, 5.74) is 0. The third-order valence-corrected chi connectivity index (χ3v) is 3.29. The molecule has 1 saturated carbocycles. The lowest BCUT2D eigenvalue weighted by molar-refractivity contribution is 0.339. The van der Waals surface area contributed by atoms with Crippen LogP contribution in [-0.4, -0.2) is 12.6 Å². The van der Waals surface area contributed by atoms with Crippen molar-refractivity contribution in [3.05, 3.63) is 0 Å². The summed E-state index contributed by atoms with van der Waals surface area (Å²) in [5.74, 6) is 1.75. The van der Waals surface area contributed by atoms with Gasteiger partial charge in [0.1, 0.15) is 0 Å². The highest BCUT2D eigenvalue weighted by molar-refractivity contribution is 4.81. The molecule has 0 aromatic heterocycles. The van der Waals surface area contributed by atoms with Gasteiger partial charge in [0.15, 0.2) is 0 Å². The number of unbranched alkanes of at least 4 members (excludes halogenated alkanes) is 1. The molecule has 1 N–H and O–H groups in total. The molecule has 1 aliphatic carbocycles. The molecule has 0 heterocycles. The molecule has 1 nitrogen and oxygen atoms in total. The molecule has 1 aliphatic rings. The van der Waals surface area contributed by atoms with Gasteiger partial charge in [-0.1, -0.05) is 40.0 Å². The highest BCUT2D eigenvalue weighted by Gasteiger charge is 2.21. The van der Waals surface area contributed by atoms with E-state index in [1.165, 1.54) is 38.6 Å². The predicted molar refractivity (Wildman–Crippen MR) is 58.9 cm³/mol. The maximum Gasteiger partial charge on any atom is 0.00683 e.